The molecule has 0 unspecified atom stereocenters. The van der Waals surface area contributed by atoms with Crippen molar-refractivity contribution in [1.82, 2.24) is 15.2 Å². The average molecular weight is 461 g/mol. The Morgan fingerprint density at radius 1 is 1.41 bits per heavy atom. The van der Waals surface area contributed by atoms with Crippen molar-refractivity contribution in [3.05, 3.63) is 21.9 Å². The molecule has 0 amide bonds. The highest BCUT2D eigenvalue weighted by atomic mass is 127. The smallest absolute Gasteiger partial charge is 0.191 e. The fourth-order valence-electron chi connectivity index (χ4n) is 2.09. The van der Waals surface area contributed by atoms with E-state index in [9.17, 15) is 0 Å². The van der Waals surface area contributed by atoms with Crippen LogP contribution in [0.4, 0.5) is 0 Å². The molecule has 1 aromatic rings. The van der Waals surface area contributed by atoms with Crippen molar-refractivity contribution in [1.29, 1.82) is 0 Å². The first-order valence-electron chi connectivity index (χ1n) is 7.05. The lowest BCUT2D eigenvalue weighted by Crippen LogP contribution is -2.51. The number of aliphatic imine (C=N–C) groups is 1. The third-order valence-electron chi connectivity index (χ3n) is 3.54. The predicted molar refractivity (Wildman–Crippen MR) is 103 cm³/mol. The molecule has 0 atom stereocenters. The maximum absolute atomic E-state index is 6.06. The maximum atomic E-state index is 6.06. The zero-order valence-electron chi connectivity index (χ0n) is 13.1. The third kappa shape index (κ3) is 4.91. The molecule has 0 aromatic carbocycles. The van der Waals surface area contributed by atoms with E-state index < -0.39 is 0 Å². The van der Waals surface area contributed by atoms with E-state index in [0.29, 0.717) is 16.7 Å². The number of rotatable bonds is 5. The Hall–Kier alpha value is -0.180. The molecule has 126 valence electrons. The lowest BCUT2D eigenvalue weighted by Gasteiger charge is -2.38. The third-order valence-corrected chi connectivity index (χ3v) is 4.38. The summed E-state index contributed by atoms with van der Waals surface area (Å²) in [7, 11) is 1.88. The van der Waals surface area contributed by atoms with E-state index in [4.69, 9.17) is 27.9 Å². The first-order chi connectivity index (χ1) is 9.95. The monoisotopic (exact) mass is 460 g/mol. The average Bonchev–Trinajstić information content (AvgIpc) is 2.67. The zero-order valence-corrected chi connectivity index (χ0v) is 16.9. The molecule has 1 saturated heterocycles. The SMILES string of the molecule is CCNC(=NCc1cc(Cl)c(Cl)n1C)NCC1(C)COC1.I. The van der Waals surface area contributed by atoms with Crippen LogP contribution < -0.4 is 10.6 Å². The summed E-state index contributed by atoms with van der Waals surface area (Å²) in [5, 5.41) is 7.69. The van der Waals surface area contributed by atoms with Crippen LogP contribution in [0.15, 0.2) is 11.1 Å². The van der Waals surface area contributed by atoms with Crippen LogP contribution in [0, 0.1) is 5.41 Å². The van der Waals surface area contributed by atoms with Crippen molar-refractivity contribution in [2.24, 2.45) is 17.5 Å². The van der Waals surface area contributed by atoms with Gasteiger partial charge in [0.1, 0.15) is 5.15 Å². The number of hydrogen-bond donors (Lipinski definition) is 2. The number of ether oxygens (including phenoxy) is 1. The quantitative estimate of drug-likeness (QED) is 0.403. The normalized spacial score (nSPS) is 16.7. The van der Waals surface area contributed by atoms with Crippen molar-refractivity contribution in [2.45, 2.75) is 20.4 Å². The van der Waals surface area contributed by atoms with Gasteiger partial charge in [-0.1, -0.05) is 30.1 Å². The predicted octanol–water partition coefficient (Wildman–Crippen LogP) is 3.04. The molecule has 2 rings (SSSR count). The van der Waals surface area contributed by atoms with Crippen molar-refractivity contribution in [3.63, 3.8) is 0 Å². The van der Waals surface area contributed by atoms with Crippen LogP contribution in [0.25, 0.3) is 0 Å². The Bertz CT molecular complexity index is 529. The summed E-state index contributed by atoms with van der Waals surface area (Å²) in [6.45, 7) is 8.00. The van der Waals surface area contributed by atoms with Crippen molar-refractivity contribution >= 4 is 53.1 Å². The molecule has 1 aromatic heterocycles. The molecule has 22 heavy (non-hydrogen) atoms. The fourth-order valence-corrected chi connectivity index (χ4v) is 2.51. The second kappa shape index (κ2) is 8.61. The molecular formula is C14H23Cl2IN4O. The first kappa shape index (κ1) is 19.9. The minimum atomic E-state index is 0. The summed E-state index contributed by atoms with van der Waals surface area (Å²) < 4.78 is 7.10. The Kier molecular flexibility index (Phi) is 7.78. The highest BCUT2D eigenvalue weighted by Gasteiger charge is 2.33. The Morgan fingerprint density at radius 3 is 2.55 bits per heavy atom. The van der Waals surface area contributed by atoms with E-state index in [0.717, 1.165) is 38.0 Å². The number of guanidine groups is 1. The van der Waals surface area contributed by atoms with Crippen LogP contribution >= 0.6 is 47.2 Å². The Labute approximate surface area is 158 Å². The number of nitrogens with zero attached hydrogens (tertiary/aromatic N) is 2. The molecule has 0 bridgehead atoms. The van der Waals surface area contributed by atoms with Gasteiger partial charge in [-0.3, -0.25) is 0 Å². The first-order valence-corrected chi connectivity index (χ1v) is 7.80. The van der Waals surface area contributed by atoms with Crippen LogP contribution in [-0.2, 0) is 18.3 Å². The van der Waals surface area contributed by atoms with Gasteiger partial charge in [0.2, 0.25) is 0 Å². The second-order valence-electron chi connectivity index (χ2n) is 5.69. The molecule has 5 nitrogen and oxygen atoms in total. The molecular weight excluding hydrogens is 438 g/mol. The molecule has 1 fully saturated rings. The summed E-state index contributed by atoms with van der Waals surface area (Å²) in [5.74, 6) is 0.791. The highest BCUT2D eigenvalue weighted by molar-refractivity contribution is 14.0. The van der Waals surface area contributed by atoms with Gasteiger partial charge in [-0.2, -0.15) is 0 Å². The van der Waals surface area contributed by atoms with Gasteiger partial charge < -0.3 is 19.9 Å². The molecule has 0 spiro atoms. The summed E-state index contributed by atoms with van der Waals surface area (Å²) in [6, 6.07) is 1.85. The van der Waals surface area contributed by atoms with E-state index in [-0.39, 0.29) is 29.4 Å². The van der Waals surface area contributed by atoms with Gasteiger partial charge >= 0.3 is 0 Å². The standard InChI is InChI=1S/C14H22Cl2N4O.HI/c1-4-17-13(19-7-14(2)8-21-9-14)18-6-10-5-11(15)12(16)20(10)3;/h5H,4,6-9H2,1-3H3,(H2,17,18,19);1H. The van der Waals surface area contributed by atoms with Crippen LogP contribution in [0.3, 0.4) is 0 Å². The van der Waals surface area contributed by atoms with Gasteiger partial charge in [-0.25, -0.2) is 4.99 Å². The molecule has 2 N–H and O–H groups in total. The van der Waals surface area contributed by atoms with Gasteiger partial charge in [0.15, 0.2) is 5.96 Å². The van der Waals surface area contributed by atoms with Crippen molar-refractivity contribution in [2.75, 3.05) is 26.3 Å². The molecule has 0 saturated carbocycles. The molecule has 2 heterocycles. The molecule has 8 heteroatoms. The van der Waals surface area contributed by atoms with Gasteiger partial charge in [0.05, 0.1) is 24.8 Å². The number of hydrogen-bond acceptors (Lipinski definition) is 2. The van der Waals surface area contributed by atoms with Crippen molar-refractivity contribution < 1.29 is 4.74 Å². The minimum Gasteiger partial charge on any atom is -0.380 e. The summed E-state index contributed by atoms with van der Waals surface area (Å²) in [4.78, 5) is 4.58. The lowest BCUT2D eigenvalue weighted by atomic mass is 9.89. The lowest BCUT2D eigenvalue weighted by molar-refractivity contribution is -0.0971. The van der Waals surface area contributed by atoms with E-state index in [1.165, 1.54) is 0 Å². The second-order valence-corrected chi connectivity index (χ2v) is 6.45. The van der Waals surface area contributed by atoms with Crippen LogP contribution in [-0.4, -0.2) is 36.8 Å². The number of halogens is 3. The van der Waals surface area contributed by atoms with Gasteiger partial charge in [-0.15, -0.1) is 24.0 Å². The summed E-state index contributed by atoms with van der Waals surface area (Å²) in [6.07, 6.45) is 0. The molecule has 1 aliphatic heterocycles. The molecule has 1 aliphatic rings. The topological polar surface area (TPSA) is 50.6 Å². The van der Waals surface area contributed by atoms with E-state index in [1.807, 2.05) is 24.6 Å². The fraction of sp³-hybridized carbons (Fsp3) is 0.643. The Morgan fingerprint density at radius 2 is 2.09 bits per heavy atom. The van der Waals surface area contributed by atoms with E-state index in [2.05, 4.69) is 22.5 Å². The largest absolute Gasteiger partial charge is 0.380 e. The number of aromatic nitrogens is 1. The van der Waals surface area contributed by atoms with E-state index in [1.54, 1.807) is 0 Å². The Balaban J connectivity index is 0.00000242. The minimum absolute atomic E-state index is 0. The van der Waals surface area contributed by atoms with Crippen molar-refractivity contribution in [3.8, 4) is 0 Å². The van der Waals surface area contributed by atoms with E-state index >= 15 is 0 Å². The highest BCUT2D eigenvalue weighted by Crippen LogP contribution is 2.26. The molecule has 0 radical (unpaired) electrons. The molecule has 0 aliphatic carbocycles. The summed E-state index contributed by atoms with van der Waals surface area (Å²) in [5.41, 5.74) is 1.17. The van der Waals surface area contributed by atoms with Gasteiger partial charge in [-0.05, 0) is 13.0 Å². The van der Waals surface area contributed by atoms with Gasteiger partial charge in [0.25, 0.3) is 0 Å². The van der Waals surface area contributed by atoms with Gasteiger partial charge in [0, 0.05) is 31.2 Å². The summed E-state index contributed by atoms with van der Waals surface area (Å²) >= 11 is 12.1. The van der Waals surface area contributed by atoms with Crippen LogP contribution in [0.1, 0.15) is 19.5 Å². The maximum Gasteiger partial charge on any atom is 0.191 e. The van der Waals surface area contributed by atoms with Crippen LogP contribution in [0.2, 0.25) is 10.2 Å². The van der Waals surface area contributed by atoms with Crippen LogP contribution in [0.5, 0.6) is 0 Å². The number of nitrogens with one attached hydrogen (secondary N) is 2. The zero-order chi connectivity index (χ0) is 15.5.